The predicted octanol–water partition coefficient (Wildman–Crippen LogP) is 6.93. The van der Waals surface area contributed by atoms with Crippen molar-refractivity contribution >= 4 is 30.1 Å². The highest BCUT2D eigenvalue weighted by molar-refractivity contribution is 7.84. The maximum absolute atomic E-state index is 10.0. The zero-order valence-electron chi connectivity index (χ0n) is 23.8. The first-order valence-electron chi connectivity index (χ1n) is 13.8. The van der Waals surface area contributed by atoms with Crippen LogP contribution < -0.4 is 11.0 Å². The third kappa shape index (κ3) is 6.63. The molecular weight excluding hydrogens is 499 g/mol. The molecule has 2 aromatic rings. The van der Waals surface area contributed by atoms with Crippen LogP contribution in [0.4, 0.5) is 0 Å². The lowest BCUT2D eigenvalue weighted by Gasteiger charge is -2.33. The van der Waals surface area contributed by atoms with E-state index in [-0.39, 0.29) is 0 Å². The summed E-state index contributed by atoms with van der Waals surface area (Å²) in [5.74, 6) is 4.30. The van der Waals surface area contributed by atoms with Gasteiger partial charge in [-0.3, -0.25) is 0 Å². The number of nitriles is 1. The Labute approximate surface area is 234 Å². The number of aryl methyl sites for hydroxylation is 1. The molecule has 2 N–H and O–H groups in total. The molecular formula is C33H41N4OP. The van der Waals surface area contributed by atoms with Gasteiger partial charge in [-0.25, -0.2) is 9.98 Å². The summed E-state index contributed by atoms with van der Waals surface area (Å²) in [6.45, 7) is 9.53. The van der Waals surface area contributed by atoms with Gasteiger partial charge in [0.1, 0.15) is 11.3 Å². The van der Waals surface area contributed by atoms with Crippen LogP contribution in [0.25, 0.3) is 0 Å². The van der Waals surface area contributed by atoms with E-state index in [9.17, 15) is 5.26 Å². The van der Waals surface area contributed by atoms with Gasteiger partial charge in [0.2, 0.25) is 5.90 Å². The molecule has 2 aromatic carbocycles. The molecule has 39 heavy (non-hydrogen) atoms. The van der Waals surface area contributed by atoms with E-state index in [1.807, 2.05) is 13.8 Å². The average Bonchev–Trinajstić information content (AvgIpc) is 2.90. The van der Waals surface area contributed by atoms with Gasteiger partial charge in [0.15, 0.2) is 0 Å². The fourth-order valence-corrected chi connectivity index (χ4v) is 8.24. The fraction of sp³-hybridized carbons (Fsp3) is 0.394. The average molecular weight is 541 g/mol. The van der Waals surface area contributed by atoms with Crippen molar-refractivity contribution in [3.05, 3.63) is 89.4 Å². The first-order valence-corrected chi connectivity index (χ1v) is 15.9. The zero-order chi connectivity index (χ0) is 28.2. The van der Waals surface area contributed by atoms with Gasteiger partial charge < -0.3 is 10.5 Å². The van der Waals surface area contributed by atoms with Crippen molar-refractivity contribution in [2.45, 2.75) is 65.4 Å². The Balaban J connectivity index is 1.40. The van der Waals surface area contributed by atoms with Crippen molar-refractivity contribution in [3.63, 3.8) is 0 Å². The van der Waals surface area contributed by atoms with E-state index < -0.39 is 12.5 Å². The summed E-state index contributed by atoms with van der Waals surface area (Å²) in [5, 5.41) is 11.2. The summed E-state index contributed by atoms with van der Waals surface area (Å²) in [4.78, 5) is 9.10. The molecule has 0 amide bonds. The Morgan fingerprint density at radius 2 is 1.85 bits per heavy atom. The number of hydrogen-bond acceptors (Lipinski definition) is 5. The third-order valence-electron chi connectivity index (χ3n) is 7.91. The van der Waals surface area contributed by atoms with Crippen LogP contribution in [0.3, 0.4) is 0 Å². The summed E-state index contributed by atoms with van der Waals surface area (Å²) in [7, 11) is 0. The quantitative estimate of drug-likeness (QED) is 0.387. The number of benzene rings is 2. The molecule has 0 radical (unpaired) electrons. The van der Waals surface area contributed by atoms with Crippen LogP contribution >= 0.6 is 6.89 Å². The van der Waals surface area contributed by atoms with Crippen LogP contribution in [0, 0.1) is 29.8 Å². The first-order chi connectivity index (χ1) is 18.5. The minimum Gasteiger partial charge on any atom is -0.464 e. The molecule has 1 aliphatic carbocycles. The minimum absolute atomic E-state index is 0.401. The summed E-state index contributed by atoms with van der Waals surface area (Å²) in [6.07, 6.45) is 12.7. The van der Waals surface area contributed by atoms with Crippen LogP contribution in [-0.4, -0.2) is 29.7 Å². The van der Waals surface area contributed by atoms with Crippen molar-refractivity contribution in [2.24, 2.45) is 27.6 Å². The van der Waals surface area contributed by atoms with Crippen LogP contribution in [0.15, 0.2) is 82.7 Å². The number of aliphatic imine (C=N–C) groups is 2. The number of rotatable bonds is 7. The summed E-state index contributed by atoms with van der Waals surface area (Å²) < 4.78 is 6.18. The molecule has 0 saturated heterocycles. The smallest absolute Gasteiger partial charge is 0.242 e. The fourth-order valence-electron chi connectivity index (χ4n) is 5.76. The van der Waals surface area contributed by atoms with Gasteiger partial charge in [0.05, 0.1) is 11.5 Å². The van der Waals surface area contributed by atoms with Crippen molar-refractivity contribution < 1.29 is 4.74 Å². The molecule has 1 heterocycles. The molecule has 1 aliphatic heterocycles. The van der Waals surface area contributed by atoms with Crippen molar-refractivity contribution in [2.75, 3.05) is 6.16 Å². The number of allylic oxidation sites excluding steroid dienone is 1. The van der Waals surface area contributed by atoms with Gasteiger partial charge in [0.25, 0.3) is 0 Å². The van der Waals surface area contributed by atoms with Crippen LogP contribution in [-0.2, 0) is 11.2 Å². The topological polar surface area (TPSA) is 83.8 Å². The maximum Gasteiger partial charge on any atom is 0.242 e. The molecule has 2 aliphatic rings. The number of nitrogens with two attached hydrogens (primary N) is 1. The van der Waals surface area contributed by atoms with E-state index in [4.69, 9.17) is 15.5 Å². The molecule has 1 atom stereocenters. The number of hydrogen-bond donors (Lipinski definition) is 1. The van der Waals surface area contributed by atoms with E-state index in [2.05, 4.69) is 79.1 Å². The first kappa shape index (κ1) is 28.7. The van der Waals surface area contributed by atoms with E-state index in [0.29, 0.717) is 29.1 Å². The Hall–Kier alpha value is -3.35. The monoisotopic (exact) mass is 540 g/mol. The minimum atomic E-state index is -2.02. The Morgan fingerprint density at radius 3 is 2.44 bits per heavy atom. The number of ether oxygens (including phenoxy) is 1. The summed E-state index contributed by atoms with van der Waals surface area (Å²) >= 11 is 0. The lowest BCUT2D eigenvalue weighted by molar-refractivity contribution is 0.164. The molecule has 1 saturated carbocycles. The summed E-state index contributed by atoms with van der Waals surface area (Å²) in [6, 6.07) is 17.1. The molecule has 1 fully saturated rings. The Morgan fingerprint density at radius 1 is 1.18 bits per heavy atom. The second-order valence-corrected chi connectivity index (χ2v) is 14.6. The lowest BCUT2D eigenvalue weighted by Crippen LogP contribution is -2.42. The zero-order valence-corrected chi connectivity index (χ0v) is 24.7. The van der Waals surface area contributed by atoms with E-state index in [1.54, 1.807) is 6.92 Å². The van der Waals surface area contributed by atoms with E-state index in [0.717, 1.165) is 29.2 Å². The van der Waals surface area contributed by atoms with Gasteiger partial charge in [-0.2, -0.15) is 5.26 Å². The molecule has 4 rings (SSSR count). The SMILES string of the molecule is C=CN=C1OC(C)(C)C(c2ccc(CC3CCC(CP(=C)(C#N)c4cccc(C)c4)CC3)cc2)=N/C1=C(/C)N. The normalized spacial score (nSPS) is 24.6. The molecule has 1 unspecified atom stereocenters. The van der Waals surface area contributed by atoms with Crippen LogP contribution in [0.1, 0.15) is 63.1 Å². The van der Waals surface area contributed by atoms with Gasteiger partial charge in [-0.15, -0.1) is 0 Å². The molecule has 0 bridgehead atoms. The van der Waals surface area contributed by atoms with Crippen LogP contribution in [0.5, 0.6) is 0 Å². The van der Waals surface area contributed by atoms with Gasteiger partial charge in [-0.05, 0) is 88.7 Å². The lowest BCUT2D eigenvalue weighted by atomic mass is 9.80. The summed E-state index contributed by atoms with van der Waals surface area (Å²) in [5.41, 5.74) is 11.0. The van der Waals surface area contributed by atoms with Gasteiger partial charge in [0, 0.05) is 24.3 Å². The van der Waals surface area contributed by atoms with Gasteiger partial charge in [-0.1, -0.05) is 67.0 Å². The Kier molecular flexibility index (Phi) is 8.67. The van der Waals surface area contributed by atoms with Crippen molar-refractivity contribution in [1.29, 1.82) is 5.26 Å². The second kappa shape index (κ2) is 11.8. The predicted molar refractivity (Wildman–Crippen MR) is 167 cm³/mol. The second-order valence-electron chi connectivity index (χ2n) is 11.6. The molecule has 0 aromatic heterocycles. The molecule has 6 heteroatoms. The van der Waals surface area contributed by atoms with Gasteiger partial charge >= 0.3 is 0 Å². The van der Waals surface area contributed by atoms with Crippen molar-refractivity contribution in [1.82, 2.24) is 0 Å². The Bertz CT molecular complexity index is 1400. The number of nitrogens with zero attached hydrogens (tertiary/aromatic N) is 3. The standard InChI is InChI=1S/C33H41N4OP/c1-7-36-32-30(24(3)35)37-31(33(4,5)38-32)28-17-15-26(16-18-28)20-25-11-13-27(14-12-25)21-39(6,22-34)29-10-8-9-23(2)19-29/h7-10,15-19,25,27H,1,6,11-14,20-21,35H2,2-5H3/b30-24-,36-32?. The highest BCUT2D eigenvalue weighted by atomic mass is 31.2. The van der Waals surface area contributed by atoms with E-state index >= 15 is 0 Å². The highest BCUT2D eigenvalue weighted by Gasteiger charge is 2.36. The largest absolute Gasteiger partial charge is 0.464 e. The third-order valence-corrected chi connectivity index (χ3v) is 10.7. The maximum atomic E-state index is 10.0. The molecule has 5 nitrogen and oxygen atoms in total. The molecule has 0 spiro atoms. The van der Waals surface area contributed by atoms with Crippen LogP contribution in [0.2, 0.25) is 0 Å². The van der Waals surface area contributed by atoms with E-state index in [1.165, 1.54) is 43.0 Å². The molecule has 204 valence electrons. The van der Waals surface area contributed by atoms with Crippen molar-refractivity contribution in [3.8, 4) is 5.81 Å². The highest BCUT2D eigenvalue weighted by Crippen LogP contribution is 2.47.